The van der Waals surface area contributed by atoms with Gasteiger partial charge in [0.15, 0.2) is 0 Å². The number of anilines is 2. The molecule has 0 radical (unpaired) electrons. The summed E-state index contributed by atoms with van der Waals surface area (Å²) in [6.07, 6.45) is 0.127. The lowest BCUT2D eigenvalue weighted by atomic mass is 10.1. The Bertz CT molecular complexity index is 826. The number of nitrogens with zero attached hydrogens (tertiary/aromatic N) is 1. The molecule has 5 nitrogen and oxygen atoms in total. The lowest BCUT2D eigenvalue weighted by Gasteiger charge is -2.20. The average molecular weight is 379 g/mol. The van der Waals surface area contributed by atoms with E-state index in [-0.39, 0.29) is 24.8 Å². The summed E-state index contributed by atoms with van der Waals surface area (Å²) in [5, 5.41) is 3.83. The highest BCUT2D eigenvalue weighted by molar-refractivity contribution is 6.31. The second-order valence-electron chi connectivity index (χ2n) is 5.72. The van der Waals surface area contributed by atoms with E-state index in [2.05, 4.69) is 5.32 Å². The van der Waals surface area contributed by atoms with Gasteiger partial charge in [-0.25, -0.2) is 0 Å². The summed E-state index contributed by atoms with van der Waals surface area (Å²) in [5.74, 6) is -0.297. The van der Waals surface area contributed by atoms with Crippen LogP contribution in [0.1, 0.15) is 6.42 Å². The minimum atomic E-state index is -0.463. The molecule has 1 atom stereocenters. The molecule has 1 N–H and O–H groups in total. The number of nitrogens with one attached hydrogen (secondary N) is 1. The summed E-state index contributed by atoms with van der Waals surface area (Å²) >= 11 is 12.0. The van der Waals surface area contributed by atoms with Gasteiger partial charge in [0, 0.05) is 28.7 Å². The van der Waals surface area contributed by atoms with Crippen LogP contribution >= 0.6 is 23.2 Å². The Hall–Kier alpha value is -2.24. The second-order valence-corrected chi connectivity index (χ2v) is 6.59. The van der Waals surface area contributed by atoms with Gasteiger partial charge in [0.2, 0.25) is 11.8 Å². The van der Waals surface area contributed by atoms with Crippen molar-refractivity contribution < 1.29 is 14.3 Å². The molecule has 0 aromatic heterocycles. The molecule has 0 bridgehead atoms. The SMILES string of the molecule is COc1ccc(Cl)cc1N1C[C@H](C(=O)Nc2cccc(Cl)c2)CC1=O. The molecule has 1 heterocycles. The van der Waals surface area contributed by atoms with E-state index in [0.717, 1.165) is 0 Å². The average Bonchev–Trinajstić information content (AvgIpc) is 2.96. The molecule has 25 heavy (non-hydrogen) atoms. The fraction of sp³-hybridized carbons (Fsp3) is 0.222. The molecule has 1 saturated heterocycles. The van der Waals surface area contributed by atoms with E-state index in [0.29, 0.717) is 27.2 Å². The van der Waals surface area contributed by atoms with Gasteiger partial charge in [0.05, 0.1) is 18.7 Å². The van der Waals surface area contributed by atoms with Gasteiger partial charge >= 0.3 is 0 Å². The molecule has 3 rings (SSSR count). The molecule has 1 aliphatic heterocycles. The van der Waals surface area contributed by atoms with Crippen molar-refractivity contribution in [1.82, 2.24) is 0 Å². The number of methoxy groups -OCH3 is 1. The van der Waals surface area contributed by atoms with Crippen molar-refractivity contribution in [3.05, 3.63) is 52.5 Å². The number of benzene rings is 2. The summed E-state index contributed by atoms with van der Waals surface area (Å²) in [6, 6.07) is 11.9. The summed E-state index contributed by atoms with van der Waals surface area (Å²) in [4.78, 5) is 26.4. The fourth-order valence-electron chi connectivity index (χ4n) is 2.80. The smallest absolute Gasteiger partial charge is 0.229 e. The third-order valence-corrected chi connectivity index (χ3v) is 4.49. The molecular weight excluding hydrogens is 363 g/mol. The first-order valence-electron chi connectivity index (χ1n) is 7.68. The molecule has 2 aromatic carbocycles. The molecular formula is C18H16Cl2N2O3. The molecule has 130 valence electrons. The quantitative estimate of drug-likeness (QED) is 0.874. The molecule has 2 aromatic rings. The van der Waals surface area contributed by atoms with E-state index in [1.165, 1.54) is 12.0 Å². The minimum absolute atomic E-state index is 0.127. The van der Waals surface area contributed by atoms with Crippen LogP contribution in [0.15, 0.2) is 42.5 Å². The summed E-state index contributed by atoms with van der Waals surface area (Å²) in [6.45, 7) is 0.266. The topological polar surface area (TPSA) is 58.6 Å². The number of rotatable bonds is 4. The largest absolute Gasteiger partial charge is 0.495 e. The normalized spacial score (nSPS) is 16.8. The van der Waals surface area contributed by atoms with Crippen LogP contribution in [0.25, 0.3) is 0 Å². The third kappa shape index (κ3) is 3.89. The zero-order valence-corrected chi connectivity index (χ0v) is 15.0. The predicted molar refractivity (Wildman–Crippen MR) is 98.5 cm³/mol. The monoisotopic (exact) mass is 378 g/mol. The van der Waals surface area contributed by atoms with Gasteiger partial charge in [-0.2, -0.15) is 0 Å². The van der Waals surface area contributed by atoms with Gasteiger partial charge in [-0.3, -0.25) is 9.59 Å². The molecule has 1 aliphatic rings. The molecule has 0 unspecified atom stereocenters. The Morgan fingerprint density at radius 1 is 1.20 bits per heavy atom. The molecule has 7 heteroatoms. The van der Waals surface area contributed by atoms with Crippen LogP contribution in [0.2, 0.25) is 10.0 Å². The number of amides is 2. The Labute approximate surface area is 155 Å². The maximum atomic E-state index is 12.5. The van der Waals surface area contributed by atoms with Crippen LogP contribution < -0.4 is 15.0 Å². The summed E-state index contributed by atoms with van der Waals surface area (Å²) < 4.78 is 5.30. The standard InChI is InChI=1S/C18H16Cl2N2O3/c1-25-16-6-5-13(20)9-15(16)22-10-11(7-17(22)23)18(24)21-14-4-2-3-12(19)8-14/h2-6,8-9,11H,7,10H2,1H3,(H,21,24)/t11-/m1/s1. The molecule has 2 amide bonds. The van der Waals surface area contributed by atoms with Crippen molar-refractivity contribution >= 4 is 46.4 Å². The Balaban J connectivity index is 1.76. The first-order valence-corrected chi connectivity index (χ1v) is 8.44. The maximum absolute atomic E-state index is 12.5. The number of carbonyl (C=O) groups is 2. The Morgan fingerprint density at radius 2 is 1.96 bits per heavy atom. The highest BCUT2D eigenvalue weighted by Gasteiger charge is 2.36. The number of halogens is 2. The van der Waals surface area contributed by atoms with E-state index in [1.807, 2.05) is 0 Å². The van der Waals surface area contributed by atoms with Crippen LogP contribution in [0.4, 0.5) is 11.4 Å². The van der Waals surface area contributed by atoms with Crippen molar-refractivity contribution in [2.24, 2.45) is 5.92 Å². The van der Waals surface area contributed by atoms with Crippen LogP contribution in [0.5, 0.6) is 5.75 Å². The maximum Gasteiger partial charge on any atom is 0.229 e. The van der Waals surface area contributed by atoms with Gasteiger partial charge in [-0.1, -0.05) is 29.3 Å². The first-order chi connectivity index (χ1) is 12.0. The van der Waals surface area contributed by atoms with Crippen LogP contribution in [-0.4, -0.2) is 25.5 Å². The van der Waals surface area contributed by atoms with Gasteiger partial charge < -0.3 is 15.0 Å². The minimum Gasteiger partial charge on any atom is -0.495 e. The first kappa shape index (κ1) is 17.6. The molecule has 0 aliphatic carbocycles. The lowest BCUT2D eigenvalue weighted by molar-refractivity contribution is -0.122. The molecule has 0 saturated carbocycles. The van der Waals surface area contributed by atoms with E-state index < -0.39 is 5.92 Å². The lowest BCUT2D eigenvalue weighted by Crippen LogP contribution is -2.28. The number of carbonyl (C=O) groups excluding carboxylic acids is 2. The zero-order chi connectivity index (χ0) is 18.0. The van der Waals surface area contributed by atoms with E-state index in [9.17, 15) is 9.59 Å². The Morgan fingerprint density at radius 3 is 2.68 bits per heavy atom. The van der Waals surface area contributed by atoms with Gasteiger partial charge in [-0.15, -0.1) is 0 Å². The zero-order valence-electron chi connectivity index (χ0n) is 13.5. The third-order valence-electron chi connectivity index (χ3n) is 4.02. The highest BCUT2D eigenvalue weighted by Crippen LogP contribution is 2.35. The predicted octanol–water partition coefficient (Wildman–Crippen LogP) is 3.99. The van der Waals surface area contributed by atoms with Gasteiger partial charge in [0.1, 0.15) is 5.75 Å². The van der Waals surface area contributed by atoms with Crippen LogP contribution in [0.3, 0.4) is 0 Å². The highest BCUT2D eigenvalue weighted by atomic mass is 35.5. The summed E-state index contributed by atoms with van der Waals surface area (Å²) in [7, 11) is 1.52. The van der Waals surface area contributed by atoms with E-state index in [1.54, 1.807) is 42.5 Å². The van der Waals surface area contributed by atoms with Crippen molar-refractivity contribution in [2.45, 2.75) is 6.42 Å². The molecule has 0 spiro atoms. The summed E-state index contributed by atoms with van der Waals surface area (Å²) in [5.41, 5.74) is 1.17. The van der Waals surface area contributed by atoms with Crippen molar-refractivity contribution in [3.63, 3.8) is 0 Å². The van der Waals surface area contributed by atoms with Crippen LogP contribution in [0, 0.1) is 5.92 Å². The van der Waals surface area contributed by atoms with Crippen molar-refractivity contribution in [2.75, 3.05) is 23.9 Å². The van der Waals surface area contributed by atoms with Crippen molar-refractivity contribution in [3.8, 4) is 5.75 Å². The number of hydrogen-bond acceptors (Lipinski definition) is 3. The van der Waals surface area contributed by atoms with Gasteiger partial charge in [0.25, 0.3) is 0 Å². The fourth-order valence-corrected chi connectivity index (χ4v) is 3.16. The molecule has 1 fully saturated rings. The van der Waals surface area contributed by atoms with Crippen LogP contribution in [-0.2, 0) is 9.59 Å². The Kier molecular flexibility index (Phi) is 5.16. The van der Waals surface area contributed by atoms with E-state index in [4.69, 9.17) is 27.9 Å². The van der Waals surface area contributed by atoms with E-state index >= 15 is 0 Å². The van der Waals surface area contributed by atoms with Gasteiger partial charge in [-0.05, 0) is 36.4 Å². The van der Waals surface area contributed by atoms with Crippen molar-refractivity contribution in [1.29, 1.82) is 0 Å². The number of hydrogen-bond donors (Lipinski definition) is 1. The number of ether oxygens (including phenoxy) is 1. The second kappa shape index (κ2) is 7.33.